The molecular formula is C21H20N2O5. The molecule has 2 amide bonds. The van der Waals surface area contributed by atoms with Gasteiger partial charge < -0.3 is 10.2 Å². The average Bonchev–Trinajstić information content (AvgIpc) is 3.17. The monoisotopic (exact) mass is 380 g/mol. The van der Waals surface area contributed by atoms with E-state index in [1.165, 1.54) is 0 Å². The Morgan fingerprint density at radius 2 is 1.64 bits per heavy atom. The van der Waals surface area contributed by atoms with Crippen LogP contribution in [-0.2, 0) is 19.9 Å². The van der Waals surface area contributed by atoms with E-state index in [4.69, 9.17) is 0 Å². The lowest BCUT2D eigenvalue weighted by Gasteiger charge is -2.30. The summed E-state index contributed by atoms with van der Waals surface area (Å²) in [6, 6.07) is 11.2. The minimum Gasteiger partial charge on any atom is -0.507 e. The maximum atomic E-state index is 12.6. The Kier molecular flexibility index (Phi) is 4.01. The number of nitrogens with one attached hydrogen (secondary N) is 2. The Bertz CT molecular complexity index is 980. The first-order chi connectivity index (χ1) is 13.3. The first-order valence-corrected chi connectivity index (χ1v) is 8.99. The molecule has 2 aliphatic heterocycles. The van der Waals surface area contributed by atoms with Crippen LogP contribution in [0.25, 0.3) is 0 Å². The Morgan fingerprint density at radius 3 is 2.21 bits per heavy atom. The van der Waals surface area contributed by atoms with E-state index in [9.17, 15) is 24.6 Å². The molecule has 4 unspecified atom stereocenters. The largest absolute Gasteiger partial charge is 0.507 e. The first kappa shape index (κ1) is 18.2. The highest BCUT2D eigenvalue weighted by atomic mass is 16.4. The van der Waals surface area contributed by atoms with E-state index in [1.54, 1.807) is 56.3 Å². The highest BCUT2D eigenvalue weighted by Crippen LogP contribution is 2.51. The number of carbonyl (C=O) groups is 3. The van der Waals surface area contributed by atoms with Crippen LogP contribution in [0, 0.1) is 25.7 Å². The van der Waals surface area contributed by atoms with Crippen molar-refractivity contribution in [3.05, 3.63) is 64.7 Å². The molecule has 28 heavy (non-hydrogen) atoms. The molecule has 0 radical (unpaired) electrons. The number of amides is 2. The number of aliphatic carboxylic acids is 1. The summed E-state index contributed by atoms with van der Waals surface area (Å²) < 4.78 is 0. The molecule has 0 aliphatic carbocycles. The molecule has 2 heterocycles. The van der Waals surface area contributed by atoms with Gasteiger partial charge >= 0.3 is 5.97 Å². The summed E-state index contributed by atoms with van der Waals surface area (Å²) in [6.45, 7) is 3.47. The Labute approximate surface area is 161 Å². The zero-order chi connectivity index (χ0) is 20.2. The number of imide groups is 1. The summed E-state index contributed by atoms with van der Waals surface area (Å²) in [6.07, 6.45) is 0. The number of hydrogen-bond acceptors (Lipinski definition) is 5. The van der Waals surface area contributed by atoms with Crippen molar-refractivity contribution in [3.8, 4) is 5.75 Å². The van der Waals surface area contributed by atoms with E-state index >= 15 is 0 Å². The van der Waals surface area contributed by atoms with Crippen molar-refractivity contribution in [2.75, 3.05) is 0 Å². The molecule has 0 saturated carbocycles. The molecule has 144 valence electrons. The Balaban J connectivity index is 1.93. The molecule has 0 spiro atoms. The number of carbonyl (C=O) groups excluding carboxylic acids is 2. The number of aryl methyl sites for hydroxylation is 2. The number of fused-ring (bicyclic) bond motifs is 1. The van der Waals surface area contributed by atoms with Crippen LogP contribution in [0.3, 0.4) is 0 Å². The van der Waals surface area contributed by atoms with Crippen LogP contribution in [0.2, 0.25) is 0 Å². The molecule has 2 saturated heterocycles. The number of rotatable bonds is 3. The number of benzene rings is 2. The molecule has 2 fully saturated rings. The first-order valence-electron chi connectivity index (χ1n) is 8.99. The number of carboxylic acid groups (broad SMARTS) is 1. The summed E-state index contributed by atoms with van der Waals surface area (Å²) in [7, 11) is 0. The second-order valence-electron chi connectivity index (χ2n) is 7.46. The predicted octanol–water partition coefficient (Wildman–Crippen LogP) is 1.52. The van der Waals surface area contributed by atoms with E-state index in [0.717, 1.165) is 0 Å². The van der Waals surface area contributed by atoms with Crippen molar-refractivity contribution in [1.82, 2.24) is 10.6 Å². The van der Waals surface area contributed by atoms with Crippen LogP contribution in [-0.4, -0.2) is 28.0 Å². The van der Waals surface area contributed by atoms with Gasteiger partial charge in [-0.3, -0.25) is 20.2 Å². The SMILES string of the molecule is Cc1cc(C2NC(C(=O)O)(c3ccccc3)C3C(=O)NC(=O)C23)cc(C)c1O. The van der Waals surface area contributed by atoms with Crippen molar-refractivity contribution >= 4 is 17.8 Å². The molecule has 4 N–H and O–H groups in total. The fourth-order valence-electron chi connectivity index (χ4n) is 4.57. The van der Waals surface area contributed by atoms with Gasteiger partial charge in [0.05, 0.1) is 11.8 Å². The second kappa shape index (κ2) is 6.17. The van der Waals surface area contributed by atoms with Crippen LogP contribution in [0.15, 0.2) is 42.5 Å². The predicted molar refractivity (Wildman–Crippen MR) is 99.3 cm³/mol. The normalized spacial score (nSPS) is 28.9. The lowest BCUT2D eigenvalue weighted by Crippen LogP contribution is -2.52. The third-order valence-electron chi connectivity index (χ3n) is 5.84. The van der Waals surface area contributed by atoms with Crippen molar-refractivity contribution < 1.29 is 24.6 Å². The maximum absolute atomic E-state index is 12.6. The highest BCUT2D eigenvalue weighted by Gasteiger charge is 2.67. The third-order valence-corrected chi connectivity index (χ3v) is 5.84. The number of carboxylic acids is 1. The molecule has 2 aliphatic rings. The van der Waals surface area contributed by atoms with E-state index < -0.39 is 41.2 Å². The fourth-order valence-corrected chi connectivity index (χ4v) is 4.57. The van der Waals surface area contributed by atoms with Crippen molar-refractivity contribution in [1.29, 1.82) is 0 Å². The van der Waals surface area contributed by atoms with Gasteiger partial charge in [0.2, 0.25) is 11.8 Å². The van der Waals surface area contributed by atoms with Gasteiger partial charge in [0.1, 0.15) is 5.75 Å². The second-order valence-corrected chi connectivity index (χ2v) is 7.46. The molecule has 0 bridgehead atoms. The topological polar surface area (TPSA) is 116 Å². The zero-order valence-corrected chi connectivity index (χ0v) is 15.4. The van der Waals surface area contributed by atoms with E-state index in [0.29, 0.717) is 22.3 Å². The van der Waals surface area contributed by atoms with Crippen LogP contribution >= 0.6 is 0 Å². The van der Waals surface area contributed by atoms with Gasteiger partial charge in [-0.1, -0.05) is 42.5 Å². The average molecular weight is 380 g/mol. The van der Waals surface area contributed by atoms with Gasteiger partial charge in [0, 0.05) is 6.04 Å². The summed E-state index contributed by atoms with van der Waals surface area (Å²) in [5.41, 5.74) is 0.576. The summed E-state index contributed by atoms with van der Waals surface area (Å²) in [4.78, 5) is 37.8. The molecule has 2 aromatic rings. The van der Waals surface area contributed by atoms with E-state index in [1.807, 2.05) is 0 Å². The van der Waals surface area contributed by atoms with Gasteiger partial charge in [-0.05, 0) is 36.1 Å². The van der Waals surface area contributed by atoms with Crippen molar-refractivity contribution in [2.24, 2.45) is 11.8 Å². The van der Waals surface area contributed by atoms with Gasteiger partial charge in [0.15, 0.2) is 5.54 Å². The van der Waals surface area contributed by atoms with Gasteiger partial charge in [-0.25, -0.2) is 4.79 Å². The fraction of sp³-hybridized carbons (Fsp3) is 0.286. The van der Waals surface area contributed by atoms with Crippen LogP contribution in [0.1, 0.15) is 28.3 Å². The minimum absolute atomic E-state index is 0.151. The summed E-state index contributed by atoms with van der Waals surface area (Å²) in [5, 5.41) is 25.7. The number of hydrogen-bond donors (Lipinski definition) is 4. The van der Waals surface area contributed by atoms with Crippen LogP contribution < -0.4 is 10.6 Å². The van der Waals surface area contributed by atoms with Crippen molar-refractivity contribution in [3.63, 3.8) is 0 Å². The van der Waals surface area contributed by atoms with Gasteiger partial charge in [-0.2, -0.15) is 0 Å². The number of aromatic hydroxyl groups is 1. The van der Waals surface area contributed by atoms with Crippen molar-refractivity contribution in [2.45, 2.75) is 25.4 Å². The number of phenolic OH excluding ortho intramolecular Hbond substituents is 1. The third kappa shape index (κ3) is 2.36. The maximum Gasteiger partial charge on any atom is 0.329 e. The van der Waals surface area contributed by atoms with Crippen LogP contribution in [0.5, 0.6) is 5.75 Å². The van der Waals surface area contributed by atoms with E-state index in [2.05, 4.69) is 10.6 Å². The Hall–Kier alpha value is -3.19. The van der Waals surface area contributed by atoms with Gasteiger partial charge in [-0.15, -0.1) is 0 Å². The van der Waals surface area contributed by atoms with Gasteiger partial charge in [0.25, 0.3) is 0 Å². The minimum atomic E-state index is -1.73. The lowest BCUT2D eigenvalue weighted by molar-refractivity contribution is -0.149. The quantitative estimate of drug-likeness (QED) is 0.600. The number of phenols is 1. The lowest BCUT2D eigenvalue weighted by atomic mass is 9.75. The molecule has 7 nitrogen and oxygen atoms in total. The summed E-state index contributed by atoms with van der Waals surface area (Å²) in [5.74, 6) is -4.10. The molecule has 0 aromatic heterocycles. The molecule has 7 heteroatoms. The standard InChI is InChI=1S/C21H20N2O5/c1-10-8-12(9-11(2)17(10)24)16-14-15(19(26)22-18(14)25)21(23-16,20(27)28)13-6-4-3-5-7-13/h3-9,14-16,23-24H,1-2H3,(H,27,28)(H,22,25,26). The van der Waals surface area contributed by atoms with E-state index in [-0.39, 0.29) is 5.75 Å². The Morgan fingerprint density at radius 1 is 1.04 bits per heavy atom. The summed E-state index contributed by atoms with van der Waals surface area (Å²) >= 11 is 0. The molecular weight excluding hydrogens is 360 g/mol. The van der Waals surface area contributed by atoms with Crippen LogP contribution in [0.4, 0.5) is 0 Å². The molecule has 2 aromatic carbocycles. The molecule has 4 rings (SSSR count). The highest BCUT2D eigenvalue weighted by molar-refractivity contribution is 6.09. The smallest absolute Gasteiger partial charge is 0.329 e. The zero-order valence-electron chi connectivity index (χ0n) is 15.4. The molecule has 4 atom stereocenters.